The molecule has 0 unspecified atom stereocenters. The molecule has 0 amide bonds. The molecule has 9 aromatic carbocycles. The highest BCUT2D eigenvalue weighted by atomic mass is 15.1. The van der Waals surface area contributed by atoms with E-state index in [1.54, 1.807) is 0 Å². The predicted molar refractivity (Wildman–Crippen MR) is 240 cm³/mol. The maximum atomic E-state index is 2.48. The molecule has 0 aliphatic heterocycles. The van der Waals surface area contributed by atoms with Gasteiger partial charge in [0.2, 0.25) is 0 Å². The Kier molecular flexibility index (Phi) is 6.93. The molecule has 57 heavy (non-hydrogen) atoms. The van der Waals surface area contributed by atoms with Gasteiger partial charge in [0.25, 0.3) is 0 Å². The van der Waals surface area contributed by atoms with E-state index in [4.69, 9.17) is 0 Å². The van der Waals surface area contributed by atoms with Crippen LogP contribution in [0.3, 0.4) is 0 Å². The van der Waals surface area contributed by atoms with Crippen molar-refractivity contribution in [1.29, 1.82) is 0 Å². The van der Waals surface area contributed by atoms with Gasteiger partial charge >= 0.3 is 0 Å². The number of nitrogens with zero attached hydrogens (tertiary/aromatic N) is 3. The summed E-state index contributed by atoms with van der Waals surface area (Å²) in [5, 5.41) is 7.45. The van der Waals surface area contributed by atoms with Gasteiger partial charge in [-0.3, -0.25) is 0 Å². The van der Waals surface area contributed by atoms with Crippen molar-refractivity contribution in [2.75, 3.05) is 0 Å². The summed E-state index contributed by atoms with van der Waals surface area (Å²) >= 11 is 0. The highest BCUT2D eigenvalue weighted by Gasteiger charge is 2.21. The Hall–Kier alpha value is -7.62. The monoisotopic (exact) mass is 725 g/mol. The van der Waals surface area contributed by atoms with E-state index in [9.17, 15) is 0 Å². The number of benzene rings is 9. The zero-order chi connectivity index (χ0) is 37.5. The van der Waals surface area contributed by atoms with E-state index < -0.39 is 0 Å². The number of hydrogen-bond donors (Lipinski definition) is 0. The van der Waals surface area contributed by atoms with Crippen LogP contribution in [0.2, 0.25) is 0 Å². The second kappa shape index (κ2) is 12.5. The molecule has 266 valence electrons. The first-order chi connectivity index (χ1) is 28.3. The minimum absolute atomic E-state index is 1.14. The molecule has 12 aromatic rings. The standard InChI is InChI=1S/C54H35N3/c1-2-14-36(15-3-1)37-28-30-38(31-29-37)39-16-12-17-40(34-39)55-48-23-8-7-21-45(48)47-35-41(32-33-52(47)55)56-49-24-9-6-20-44(49)46-22-13-27-53(54(46)56)57-50-25-10-4-18-42(50)43-19-5-11-26-51(43)57/h1-35H. The van der Waals surface area contributed by atoms with Crippen LogP contribution in [0.5, 0.6) is 0 Å². The molecule has 3 nitrogen and oxygen atoms in total. The van der Waals surface area contributed by atoms with E-state index in [0.717, 1.165) is 17.1 Å². The van der Waals surface area contributed by atoms with E-state index in [0.29, 0.717) is 0 Å². The van der Waals surface area contributed by atoms with Crippen molar-refractivity contribution in [2.24, 2.45) is 0 Å². The molecule has 0 N–H and O–H groups in total. The highest BCUT2D eigenvalue weighted by molar-refractivity contribution is 6.16. The molecule has 0 aliphatic rings. The predicted octanol–water partition coefficient (Wildman–Crippen LogP) is 14.3. The van der Waals surface area contributed by atoms with Crippen LogP contribution in [0.15, 0.2) is 212 Å². The Balaban J connectivity index is 1.06. The number of rotatable bonds is 5. The SMILES string of the molecule is c1ccc(-c2ccc(-c3cccc(-n4c5ccccc5c5cc(-n6c7ccccc7c7cccc(-n8c9ccccc9c9ccccc98)c76)ccc54)c3)cc2)cc1. The summed E-state index contributed by atoms with van der Waals surface area (Å²) in [4.78, 5) is 0. The maximum absolute atomic E-state index is 2.48. The van der Waals surface area contributed by atoms with Gasteiger partial charge in [-0.15, -0.1) is 0 Å². The summed E-state index contributed by atoms with van der Waals surface area (Å²) in [6.07, 6.45) is 0. The second-order valence-electron chi connectivity index (χ2n) is 14.9. The summed E-state index contributed by atoms with van der Waals surface area (Å²) in [7, 11) is 0. The topological polar surface area (TPSA) is 14.8 Å². The van der Waals surface area contributed by atoms with Crippen LogP contribution in [0.1, 0.15) is 0 Å². The van der Waals surface area contributed by atoms with Gasteiger partial charge in [0.05, 0.1) is 38.8 Å². The molecule has 12 rings (SSSR count). The number of aromatic nitrogens is 3. The van der Waals surface area contributed by atoms with Crippen LogP contribution < -0.4 is 0 Å². The first-order valence-electron chi connectivity index (χ1n) is 19.6. The van der Waals surface area contributed by atoms with Gasteiger partial charge in [-0.05, 0) is 82.9 Å². The van der Waals surface area contributed by atoms with E-state index >= 15 is 0 Å². The van der Waals surface area contributed by atoms with Gasteiger partial charge in [0, 0.05) is 43.7 Å². The molecule has 0 aliphatic carbocycles. The normalized spacial score (nSPS) is 11.9. The average Bonchev–Trinajstić information content (AvgIpc) is 3.93. The van der Waals surface area contributed by atoms with Crippen molar-refractivity contribution in [3.05, 3.63) is 212 Å². The van der Waals surface area contributed by atoms with Gasteiger partial charge in [-0.25, -0.2) is 0 Å². The summed E-state index contributed by atoms with van der Waals surface area (Å²) < 4.78 is 7.36. The molecular formula is C54H35N3. The molecule has 0 fully saturated rings. The van der Waals surface area contributed by atoms with E-state index in [1.165, 1.54) is 87.7 Å². The molecule has 0 saturated carbocycles. The Morgan fingerprint density at radius 3 is 1.33 bits per heavy atom. The summed E-state index contributed by atoms with van der Waals surface area (Å²) in [6, 6.07) is 77.4. The van der Waals surface area contributed by atoms with Crippen LogP contribution in [0.4, 0.5) is 0 Å². The van der Waals surface area contributed by atoms with Gasteiger partial charge in [-0.1, -0.05) is 152 Å². The van der Waals surface area contributed by atoms with Crippen LogP contribution in [0, 0.1) is 0 Å². The van der Waals surface area contributed by atoms with E-state index in [2.05, 4.69) is 226 Å². The first kappa shape index (κ1) is 31.7. The molecular weight excluding hydrogens is 691 g/mol. The molecule has 0 atom stereocenters. The lowest BCUT2D eigenvalue weighted by atomic mass is 10.00. The van der Waals surface area contributed by atoms with Gasteiger partial charge in [-0.2, -0.15) is 0 Å². The Morgan fingerprint density at radius 2 is 0.667 bits per heavy atom. The van der Waals surface area contributed by atoms with Crippen LogP contribution in [0.25, 0.3) is 105 Å². The molecule has 3 heteroatoms. The van der Waals surface area contributed by atoms with Crippen molar-refractivity contribution < 1.29 is 0 Å². The summed E-state index contributed by atoms with van der Waals surface area (Å²) in [5.41, 5.74) is 15.4. The molecule has 0 radical (unpaired) electrons. The minimum atomic E-state index is 1.14. The fourth-order valence-electron chi connectivity index (χ4n) is 9.32. The summed E-state index contributed by atoms with van der Waals surface area (Å²) in [6.45, 7) is 0. The largest absolute Gasteiger partial charge is 0.309 e. The van der Waals surface area contributed by atoms with Crippen molar-refractivity contribution in [3.8, 4) is 39.3 Å². The molecule has 3 aromatic heterocycles. The highest BCUT2D eigenvalue weighted by Crippen LogP contribution is 2.41. The molecule has 0 saturated heterocycles. The average molecular weight is 726 g/mol. The van der Waals surface area contributed by atoms with Crippen LogP contribution in [-0.4, -0.2) is 13.7 Å². The van der Waals surface area contributed by atoms with Gasteiger partial charge < -0.3 is 13.7 Å². The molecule has 0 spiro atoms. The minimum Gasteiger partial charge on any atom is -0.309 e. The zero-order valence-corrected chi connectivity index (χ0v) is 31.0. The first-order valence-corrected chi connectivity index (χ1v) is 19.6. The van der Waals surface area contributed by atoms with Crippen molar-refractivity contribution in [3.63, 3.8) is 0 Å². The van der Waals surface area contributed by atoms with Gasteiger partial charge in [0.15, 0.2) is 0 Å². The smallest absolute Gasteiger partial charge is 0.0782 e. The van der Waals surface area contributed by atoms with E-state index in [1.807, 2.05) is 0 Å². The second-order valence-corrected chi connectivity index (χ2v) is 14.9. The lowest BCUT2D eigenvalue weighted by molar-refractivity contribution is 1.13. The Labute approximate surface area is 329 Å². The lowest BCUT2D eigenvalue weighted by Gasteiger charge is -2.15. The third kappa shape index (κ3) is 4.79. The lowest BCUT2D eigenvalue weighted by Crippen LogP contribution is -2.01. The zero-order valence-electron chi connectivity index (χ0n) is 31.0. The van der Waals surface area contributed by atoms with Crippen molar-refractivity contribution >= 4 is 65.4 Å². The number of hydrogen-bond acceptors (Lipinski definition) is 0. The van der Waals surface area contributed by atoms with Gasteiger partial charge in [0.1, 0.15) is 0 Å². The summed E-state index contributed by atoms with van der Waals surface area (Å²) in [5.74, 6) is 0. The maximum Gasteiger partial charge on any atom is 0.0782 e. The van der Waals surface area contributed by atoms with Crippen LogP contribution in [-0.2, 0) is 0 Å². The van der Waals surface area contributed by atoms with Crippen molar-refractivity contribution in [2.45, 2.75) is 0 Å². The number of para-hydroxylation sites is 5. The van der Waals surface area contributed by atoms with Crippen molar-refractivity contribution in [1.82, 2.24) is 13.7 Å². The third-order valence-electron chi connectivity index (χ3n) is 11.8. The fourth-order valence-corrected chi connectivity index (χ4v) is 9.32. The van der Waals surface area contributed by atoms with E-state index in [-0.39, 0.29) is 0 Å². The molecule has 3 heterocycles. The third-order valence-corrected chi connectivity index (χ3v) is 11.8. The number of fused-ring (bicyclic) bond motifs is 9. The van der Waals surface area contributed by atoms with Crippen LogP contribution >= 0.6 is 0 Å². The Bertz CT molecular complexity index is 3450. The quantitative estimate of drug-likeness (QED) is 0.168. The Morgan fingerprint density at radius 1 is 0.228 bits per heavy atom. The fraction of sp³-hybridized carbons (Fsp3) is 0. The molecule has 0 bridgehead atoms.